The van der Waals surface area contributed by atoms with Gasteiger partial charge in [0.05, 0.1) is 5.92 Å². The molecule has 0 N–H and O–H groups in total. The summed E-state index contributed by atoms with van der Waals surface area (Å²) in [5.41, 5.74) is -0.192. The van der Waals surface area contributed by atoms with Crippen molar-refractivity contribution in [3.05, 3.63) is 12.2 Å². The lowest BCUT2D eigenvalue weighted by Crippen LogP contribution is -2.36. The summed E-state index contributed by atoms with van der Waals surface area (Å²) in [6, 6.07) is 0. The molecule has 1 aliphatic rings. The number of ether oxygens (including phenoxy) is 1. The molecule has 2 nitrogen and oxygen atoms in total. The standard InChI is InChI=1S/C20H36O2/c1-4-6-7-8-9-11-15-18(14-5-2)19(21)22-20(3)16-12-10-13-17-20/h7-8,18H,4-6,9-17H2,1-3H3. The van der Waals surface area contributed by atoms with Gasteiger partial charge in [0, 0.05) is 0 Å². The Bertz CT molecular complexity index is 327. The van der Waals surface area contributed by atoms with Crippen LogP contribution in [0.25, 0.3) is 0 Å². The number of hydrogen-bond donors (Lipinski definition) is 0. The maximum atomic E-state index is 12.5. The summed E-state index contributed by atoms with van der Waals surface area (Å²) >= 11 is 0. The van der Waals surface area contributed by atoms with Crippen LogP contribution in [-0.4, -0.2) is 11.6 Å². The highest BCUT2D eigenvalue weighted by Gasteiger charge is 2.32. The zero-order chi connectivity index (χ0) is 16.3. The molecule has 1 atom stereocenters. The van der Waals surface area contributed by atoms with Crippen molar-refractivity contribution in [3.63, 3.8) is 0 Å². The van der Waals surface area contributed by atoms with E-state index in [-0.39, 0.29) is 17.5 Å². The maximum absolute atomic E-state index is 12.5. The third kappa shape index (κ3) is 7.47. The molecule has 1 aliphatic carbocycles. The van der Waals surface area contributed by atoms with Crippen LogP contribution in [0.1, 0.15) is 97.8 Å². The van der Waals surface area contributed by atoms with Gasteiger partial charge in [0.2, 0.25) is 0 Å². The molecule has 0 aliphatic heterocycles. The lowest BCUT2D eigenvalue weighted by atomic mass is 9.86. The molecule has 0 heterocycles. The van der Waals surface area contributed by atoms with E-state index in [1.807, 2.05) is 0 Å². The number of unbranched alkanes of at least 4 members (excludes halogenated alkanes) is 2. The fourth-order valence-electron chi connectivity index (χ4n) is 3.34. The highest BCUT2D eigenvalue weighted by molar-refractivity contribution is 5.72. The van der Waals surface area contributed by atoms with Gasteiger partial charge in [-0.25, -0.2) is 0 Å². The van der Waals surface area contributed by atoms with E-state index in [4.69, 9.17) is 4.74 Å². The second kappa shape index (κ2) is 10.9. The average Bonchev–Trinajstić information content (AvgIpc) is 2.49. The monoisotopic (exact) mass is 308 g/mol. The third-order valence-corrected chi connectivity index (χ3v) is 4.77. The second-order valence-corrected chi connectivity index (χ2v) is 7.11. The predicted molar refractivity (Wildman–Crippen MR) is 93.9 cm³/mol. The van der Waals surface area contributed by atoms with E-state index in [2.05, 4.69) is 32.9 Å². The summed E-state index contributed by atoms with van der Waals surface area (Å²) in [4.78, 5) is 12.5. The van der Waals surface area contributed by atoms with Crippen LogP contribution in [0.4, 0.5) is 0 Å². The molecule has 1 unspecified atom stereocenters. The van der Waals surface area contributed by atoms with Gasteiger partial charge in [-0.15, -0.1) is 0 Å². The van der Waals surface area contributed by atoms with Crippen molar-refractivity contribution in [2.24, 2.45) is 5.92 Å². The summed E-state index contributed by atoms with van der Waals surface area (Å²) in [6.45, 7) is 6.48. The van der Waals surface area contributed by atoms with Crippen LogP contribution >= 0.6 is 0 Å². The predicted octanol–water partition coefficient (Wildman–Crippen LogP) is 6.20. The number of hydrogen-bond acceptors (Lipinski definition) is 2. The van der Waals surface area contributed by atoms with E-state index in [0.717, 1.165) is 44.9 Å². The van der Waals surface area contributed by atoms with Crippen LogP contribution in [-0.2, 0) is 9.53 Å². The number of esters is 1. The zero-order valence-corrected chi connectivity index (χ0v) is 15.0. The Morgan fingerprint density at radius 3 is 2.36 bits per heavy atom. The smallest absolute Gasteiger partial charge is 0.309 e. The first-order valence-electron chi connectivity index (χ1n) is 9.49. The van der Waals surface area contributed by atoms with Gasteiger partial charge in [0.25, 0.3) is 0 Å². The van der Waals surface area contributed by atoms with E-state index >= 15 is 0 Å². The summed E-state index contributed by atoms with van der Waals surface area (Å²) in [5, 5.41) is 0. The molecule has 22 heavy (non-hydrogen) atoms. The highest BCUT2D eigenvalue weighted by atomic mass is 16.6. The Labute approximate surface area is 137 Å². The van der Waals surface area contributed by atoms with Crippen LogP contribution in [0.15, 0.2) is 12.2 Å². The zero-order valence-electron chi connectivity index (χ0n) is 15.0. The van der Waals surface area contributed by atoms with Crippen LogP contribution in [0.5, 0.6) is 0 Å². The first-order chi connectivity index (χ1) is 10.6. The van der Waals surface area contributed by atoms with Crippen molar-refractivity contribution in [1.29, 1.82) is 0 Å². The molecule has 2 heteroatoms. The third-order valence-electron chi connectivity index (χ3n) is 4.77. The van der Waals surface area contributed by atoms with Gasteiger partial charge in [0.1, 0.15) is 5.60 Å². The van der Waals surface area contributed by atoms with Crippen molar-refractivity contribution < 1.29 is 9.53 Å². The Kier molecular flexibility index (Phi) is 9.50. The van der Waals surface area contributed by atoms with Gasteiger partial charge in [-0.3, -0.25) is 4.79 Å². The lowest BCUT2D eigenvalue weighted by Gasteiger charge is -2.34. The lowest BCUT2D eigenvalue weighted by molar-refractivity contribution is -0.166. The van der Waals surface area contributed by atoms with Crippen LogP contribution < -0.4 is 0 Å². The summed E-state index contributed by atoms with van der Waals surface area (Å²) < 4.78 is 5.93. The average molecular weight is 309 g/mol. The van der Waals surface area contributed by atoms with Gasteiger partial charge in [0.15, 0.2) is 0 Å². The maximum Gasteiger partial charge on any atom is 0.309 e. The van der Waals surface area contributed by atoms with Gasteiger partial charge in [-0.1, -0.05) is 45.3 Å². The highest BCUT2D eigenvalue weighted by Crippen LogP contribution is 2.32. The SMILES string of the molecule is CCCC=CCCCC(CCC)C(=O)OC1(C)CCCCC1. The van der Waals surface area contributed by atoms with E-state index in [1.54, 1.807) is 0 Å². The quantitative estimate of drug-likeness (QED) is 0.273. The van der Waals surface area contributed by atoms with E-state index in [9.17, 15) is 4.79 Å². The number of allylic oxidation sites excluding steroid dienone is 2. The van der Waals surface area contributed by atoms with E-state index in [1.165, 1.54) is 32.1 Å². The summed E-state index contributed by atoms with van der Waals surface area (Å²) in [7, 11) is 0. The molecule has 1 rings (SSSR count). The van der Waals surface area contributed by atoms with Gasteiger partial charge < -0.3 is 4.74 Å². The molecular weight excluding hydrogens is 272 g/mol. The second-order valence-electron chi connectivity index (χ2n) is 7.11. The Morgan fingerprint density at radius 2 is 1.73 bits per heavy atom. The van der Waals surface area contributed by atoms with Crippen molar-refractivity contribution in [2.75, 3.05) is 0 Å². The normalized spacial score (nSPS) is 19.2. The molecule has 0 spiro atoms. The van der Waals surface area contributed by atoms with E-state index in [0.29, 0.717) is 0 Å². The molecular formula is C20H36O2. The number of rotatable bonds is 10. The molecule has 0 aromatic heterocycles. The fourth-order valence-corrected chi connectivity index (χ4v) is 3.34. The minimum Gasteiger partial charge on any atom is -0.459 e. The van der Waals surface area contributed by atoms with Crippen LogP contribution in [0, 0.1) is 5.92 Å². The summed E-state index contributed by atoms with van der Waals surface area (Å²) in [5.74, 6) is 0.159. The number of carbonyl (C=O) groups excluding carboxylic acids is 1. The minimum atomic E-state index is -0.192. The number of carbonyl (C=O) groups is 1. The first-order valence-corrected chi connectivity index (χ1v) is 9.49. The van der Waals surface area contributed by atoms with Crippen molar-refractivity contribution in [1.82, 2.24) is 0 Å². The van der Waals surface area contributed by atoms with Crippen LogP contribution in [0.3, 0.4) is 0 Å². The van der Waals surface area contributed by atoms with Crippen molar-refractivity contribution >= 4 is 5.97 Å². The molecule has 128 valence electrons. The molecule has 0 bridgehead atoms. The Hall–Kier alpha value is -0.790. The molecule has 0 radical (unpaired) electrons. The van der Waals surface area contributed by atoms with Gasteiger partial charge in [-0.05, 0) is 64.7 Å². The molecule has 1 fully saturated rings. The molecule has 0 saturated heterocycles. The fraction of sp³-hybridized carbons (Fsp3) is 0.850. The summed E-state index contributed by atoms with van der Waals surface area (Å²) in [6.07, 6.45) is 17.8. The topological polar surface area (TPSA) is 26.3 Å². The van der Waals surface area contributed by atoms with Crippen LogP contribution in [0.2, 0.25) is 0 Å². The Balaban J connectivity index is 2.38. The van der Waals surface area contributed by atoms with Gasteiger partial charge in [-0.2, -0.15) is 0 Å². The molecule has 0 aromatic rings. The minimum absolute atomic E-state index is 0.0591. The van der Waals surface area contributed by atoms with E-state index < -0.39 is 0 Å². The van der Waals surface area contributed by atoms with Gasteiger partial charge >= 0.3 is 5.97 Å². The molecule has 0 amide bonds. The molecule has 1 saturated carbocycles. The first kappa shape index (κ1) is 19.3. The molecule has 0 aromatic carbocycles. The largest absolute Gasteiger partial charge is 0.459 e. The van der Waals surface area contributed by atoms with Crippen molar-refractivity contribution in [2.45, 2.75) is 103 Å². The Morgan fingerprint density at radius 1 is 1.05 bits per heavy atom. The van der Waals surface area contributed by atoms with Crippen molar-refractivity contribution in [3.8, 4) is 0 Å².